The molecule has 0 saturated carbocycles. The molecule has 2 N–H and O–H groups in total. The molecule has 34 heavy (non-hydrogen) atoms. The monoisotopic (exact) mass is 451 g/mol. The fourth-order valence-electron chi connectivity index (χ4n) is 3.82. The Morgan fingerprint density at radius 2 is 1.71 bits per heavy atom. The predicted molar refractivity (Wildman–Crippen MR) is 132 cm³/mol. The van der Waals surface area contributed by atoms with E-state index < -0.39 is 0 Å². The van der Waals surface area contributed by atoms with Crippen LogP contribution in [0.2, 0.25) is 0 Å². The van der Waals surface area contributed by atoms with Gasteiger partial charge in [0.25, 0.3) is 0 Å². The Hall–Kier alpha value is -4.39. The lowest BCUT2D eigenvalue weighted by Crippen LogP contribution is -2.39. The molecule has 2 amide bonds. The molecule has 3 aromatic carbocycles. The van der Waals surface area contributed by atoms with E-state index in [-0.39, 0.29) is 6.03 Å². The molecule has 0 fully saturated rings. The summed E-state index contributed by atoms with van der Waals surface area (Å²) in [5.41, 5.74) is 3.80. The van der Waals surface area contributed by atoms with Gasteiger partial charge in [-0.3, -0.25) is 0 Å². The lowest BCUT2D eigenvalue weighted by atomic mass is 10.1. The average Bonchev–Trinajstić information content (AvgIpc) is 2.88. The fraction of sp³-hybridized carbons (Fsp3) is 0.148. The molecular weight excluding hydrogens is 426 g/mol. The van der Waals surface area contributed by atoms with Crippen LogP contribution in [0.15, 0.2) is 91.1 Å². The first kappa shape index (κ1) is 21.5. The minimum Gasteiger partial charge on any atom is -0.457 e. The van der Waals surface area contributed by atoms with Gasteiger partial charge in [0, 0.05) is 37.0 Å². The molecule has 0 spiro atoms. The number of nitrogens with zero attached hydrogens (tertiary/aromatic N) is 3. The third-order valence-electron chi connectivity index (χ3n) is 5.57. The summed E-state index contributed by atoms with van der Waals surface area (Å²) in [5, 5.41) is 6.23. The van der Waals surface area contributed by atoms with Gasteiger partial charge < -0.3 is 20.3 Å². The molecule has 7 nitrogen and oxygen atoms in total. The van der Waals surface area contributed by atoms with Crippen molar-refractivity contribution < 1.29 is 9.53 Å². The summed E-state index contributed by atoms with van der Waals surface area (Å²) in [4.78, 5) is 23.5. The van der Waals surface area contributed by atoms with Crippen molar-refractivity contribution in [3.63, 3.8) is 0 Å². The van der Waals surface area contributed by atoms with Gasteiger partial charge in [0.1, 0.15) is 11.5 Å². The Morgan fingerprint density at radius 3 is 2.53 bits per heavy atom. The van der Waals surface area contributed by atoms with Crippen LogP contribution in [-0.4, -0.2) is 27.4 Å². The van der Waals surface area contributed by atoms with Gasteiger partial charge in [-0.2, -0.15) is 0 Å². The largest absolute Gasteiger partial charge is 0.457 e. The topological polar surface area (TPSA) is 79.4 Å². The highest BCUT2D eigenvalue weighted by Crippen LogP contribution is 2.23. The number of urea groups is 1. The Bertz CT molecular complexity index is 1260. The Balaban J connectivity index is 1.18. The second-order valence-electron chi connectivity index (χ2n) is 8.05. The Kier molecular flexibility index (Phi) is 6.34. The number of hydrogen-bond donors (Lipinski definition) is 2. The molecule has 0 radical (unpaired) electrons. The molecule has 7 heteroatoms. The zero-order valence-electron chi connectivity index (χ0n) is 18.6. The van der Waals surface area contributed by atoms with Crippen molar-refractivity contribution in [2.75, 3.05) is 17.2 Å². The molecule has 5 rings (SSSR count). The highest BCUT2D eigenvalue weighted by Gasteiger charge is 2.22. The molecule has 1 aromatic heterocycles. The molecule has 4 aromatic rings. The number of carbonyl (C=O) groups is 1. The maximum atomic E-state index is 12.6. The number of nitrogens with one attached hydrogen (secondary N) is 2. The summed E-state index contributed by atoms with van der Waals surface area (Å²) >= 11 is 0. The van der Waals surface area contributed by atoms with Crippen LogP contribution < -0.4 is 15.4 Å². The van der Waals surface area contributed by atoms with Crippen molar-refractivity contribution in [1.29, 1.82) is 0 Å². The zero-order chi connectivity index (χ0) is 23.2. The van der Waals surface area contributed by atoms with Gasteiger partial charge in [0.05, 0.1) is 12.2 Å². The molecule has 0 unspecified atom stereocenters. The minimum absolute atomic E-state index is 0.114. The maximum absolute atomic E-state index is 12.6. The highest BCUT2D eigenvalue weighted by atomic mass is 16.5. The van der Waals surface area contributed by atoms with Crippen LogP contribution in [0.3, 0.4) is 0 Å². The van der Waals surface area contributed by atoms with Crippen molar-refractivity contribution >= 4 is 17.7 Å². The van der Waals surface area contributed by atoms with E-state index in [1.165, 1.54) is 0 Å². The Labute approximate surface area is 198 Å². The van der Waals surface area contributed by atoms with E-state index in [0.29, 0.717) is 32.0 Å². The van der Waals surface area contributed by atoms with Crippen molar-refractivity contribution in [1.82, 2.24) is 14.9 Å². The first-order chi connectivity index (χ1) is 16.7. The van der Waals surface area contributed by atoms with E-state index in [1.807, 2.05) is 91.1 Å². The molecule has 0 aliphatic carbocycles. The smallest absolute Gasteiger partial charge is 0.322 e. The van der Waals surface area contributed by atoms with Gasteiger partial charge in [-0.05, 0) is 42.0 Å². The number of para-hydroxylation sites is 2. The quantitative estimate of drug-likeness (QED) is 0.406. The predicted octanol–water partition coefficient (Wildman–Crippen LogP) is 5.47. The number of amides is 2. The standard InChI is InChI=1S/C27H25N5O2/c33-27(30-22-9-3-1-4-10-22)32-15-14-25-21(19-32)18-29-26(31-25)28-17-20-8-7-13-24(16-20)34-23-11-5-2-6-12-23/h1-13,16,18H,14-15,17,19H2,(H,30,33)(H,28,29,31). The van der Waals surface area contributed by atoms with Crippen molar-refractivity contribution in [3.05, 3.63) is 108 Å². The molecular formula is C27H25N5O2. The van der Waals surface area contributed by atoms with Crippen molar-refractivity contribution in [3.8, 4) is 11.5 Å². The van der Waals surface area contributed by atoms with Crippen molar-refractivity contribution in [2.45, 2.75) is 19.5 Å². The van der Waals surface area contributed by atoms with Gasteiger partial charge in [0.15, 0.2) is 0 Å². The first-order valence-electron chi connectivity index (χ1n) is 11.2. The van der Waals surface area contributed by atoms with Crippen LogP contribution >= 0.6 is 0 Å². The number of carbonyl (C=O) groups excluding carboxylic acids is 1. The number of ether oxygens (including phenoxy) is 1. The number of anilines is 2. The molecule has 1 aliphatic heterocycles. The summed E-state index contributed by atoms with van der Waals surface area (Å²) in [6.07, 6.45) is 2.50. The normalized spacial score (nSPS) is 12.5. The third-order valence-corrected chi connectivity index (χ3v) is 5.57. The fourth-order valence-corrected chi connectivity index (χ4v) is 3.82. The third kappa shape index (κ3) is 5.32. The second kappa shape index (κ2) is 10.0. The molecule has 170 valence electrons. The van der Waals surface area contributed by atoms with Gasteiger partial charge in [-0.1, -0.05) is 48.5 Å². The Morgan fingerprint density at radius 1 is 0.941 bits per heavy atom. The van der Waals surface area contributed by atoms with E-state index >= 15 is 0 Å². The van der Waals surface area contributed by atoms with Crippen LogP contribution in [-0.2, 0) is 19.5 Å². The lowest BCUT2D eigenvalue weighted by Gasteiger charge is -2.28. The first-order valence-corrected chi connectivity index (χ1v) is 11.2. The highest BCUT2D eigenvalue weighted by molar-refractivity contribution is 5.89. The van der Waals surface area contributed by atoms with E-state index in [4.69, 9.17) is 4.74 Å². The van der Waals surface area contributed by atoms with Crippen LogP contribution in [0.5, 0.6) is 11.5 Å². The minimum atomic E-state index is -0.114. The van der Waals surface area contributed by atoms with Crippen LogP contribution in [0.1, 0.15) is 16.8 Å². The van der Waals surface area contributed by atoms with Crippen LogP contribution in [0.25, 0.3) is 0 Å². The second-order valence-corrected chi connectivity index (χ2v) is 8.05. The number of rotatable bonds is 6. The van der Waals surface area contributed by atoms with Gasteiger partial charge in [-0.25, -0.2) is 14.8 Å². The molecule has 0 atom stereocenters. The van der Waals surface area contributed by atoms with Gasteiger partial charge in [-0.15, -0.1) is 0 Å². The summed E-state index contributed by atoms with van der Waals surface area (Å²) in [6.45, 7) is 1.69. The van der Waals surface area contributed by atoms with Gasteiger partial charge >= 0.3 is 6.03 Å². The lowest BCUT2D eigenvalue weighted by molar-refractivity contribution is 0.206. The van der Waals surface area contributed by atoms with Crippen LogP contribution in [0.4, 0.5) is 16.4 Å². The maximum Gasteiger partial charge on any atom is 0.322 e. The summed E-state index contributed by atoms with van der Waals surface area (Å²) < 4.78 is 5.92. The number of hydrogen-bond acceptors (Lipinski definition) is 5. The van der Waals surface area contributed by atoms with Crippen LogP contribution in [0, 0.1) is 0 Å². The summed E-state index contributed by atoms with van der Waals surface area (Å²) in [7, 11) is 0. The molecule has 1 aliphatic rings. The number of aromatic nitrogens is 2. The molecule has 0 bridgehead atoms. The SMILES string of the molecule is O=C(Nc1ccccc1)N1CCc2nc(NCc3cccc(Oc4ccccc4)c3)ncc2C1. The molecule has 2 heterocycles. The number of benzene rings is 3. The van der Waals surface area contributed by atoms with E-state index in [9.17, 15) is 4.79 Å². The van der Waals surface area contributed by atoms with E-state index in [2.05, 4.69) is 20.6 Å². The number of fused-ring (bicyclic) bond motifs is 1. The average molecular weight is 452 g/mol. The van der Waals surface area contributed by atoms with E-state index in [0.717, 1.165) is 34.0 Å². The summed E-state index contributed by atoms with van der Waals surface area (Å²) in [5.74, 6) is 2.16. The molecule has 0 saturated heterocycles. The van der Waals surface area contributed by atoms with Crippen molar-refractivity contribution in [2.24, 2.45) is 0 Å². The van der Waals surface area contributed by atoms with E-state index in [1.54, 1.807) is 4.90 Å². The van der Waals surface area contributed by atoms with Gasteiger partial charge in [0.2, 0.25) is 5.95 Å². The zero-order valence-corrected chi connectivity index (χ0v) is 18.6. The summed E-state index contributed by atoms with van der Waals surface area (Å²) in [6, 6.07) is 27.0.